The Hall–Kier alpha value is -5.60. The second-order valence-electron chi connectivity index (χ2n) is 12.4. The number of hydrogen-bond acceptors (Lipinski definition) is 9. The van der Waals surface area contributed by atoms with E-state index in [4.69, 9.17) is 16.2 Å². The van der Waals surface area contributed by atoms with E-state index in [0.717, 1.165) is 16.7 Å². The molecule has 0 aliphatic heterocycles. The van der Waals surface area contributed by atoms with E-state index < -0.39 is 84.7 Å². The van der Waals surface area contributed by atoms with Crippen molar-refractivity contribution in [3.8, 4) is 11.1 Å². The number of carbonyl (C=O) groups excluding carboxylic acids is 6. The third kappa shape index (κ3) is 12.7. The summed E-state index contributed by atoms with van der Waals surface area (Å²) in [6.45, 7) is 4.06. The Labute approximate surface area is 296 Å². The quantitative estimate of drug-likeness (QED) is 0.0911. The van der Waals surface area contributed by atoms with Crippen molar-refractivity contribution in [2.45, 2.75) is 70.4 Å². The van der Waals surface area contributed by atoms with E-state index in [-0.39, 0.29) is 13.0 Å². The topological polar surface area (TPSA) is 232 Å². The molecule has 0 aliphatic rings. The first kappa shape index (κ1) is 39.8. The minimum absolute atomic E-state index is 0.00666. The largest absolute Gasteiger partial charge is 0.459 e. The summed E-state index contributed by atoms with van der Waals surface area (Å²) in [5.41, 5.74) is 14.2. The fourth-order valence-corrected chi connectivity index (χ4v) is 4.96. The number of amides is 5. The molecule has 0 aliphatic carbocycles. The Morgan fingerprint density at radius 3 is 1.78 bits per heavy atom. The predicted molar refractivity (Wildman–Crippen MR) is 189 cm³/mol. The van der Waals surface area contributed by atoms with Crippen LogP contribution in [0.1, 0.15) is 38.3 Å². The number of aliphatic hydroxyl groups is 1. The Kier molecular flexibility index (Phi) is 15.3. The van der Waals surface area contributed by atoms with Crippen molar-refractivity contribution in [1.82, 2.24) is 21.3 Å². The summed E-state index contributed by atoms with van der Waals surface area (Å²) in [4.78, 5) is 77.4. The lowest BCUT2D eigenvalue weighted by atomic mass is 9.98. The van der Waals surface area contributed by atoms with Crippen molar-refractivity contribution < 1.29 is 38.6 Å². The van der Waals surface area contributed by atoms with Crippen molar-refractivity contribution in [3.63, 3.8) is 0 Å². The molecule has 3 aromatic carbocycles. The Balaban J connectivity index is 1.80. The summed E-state index contributed by atoms with van der Waals surface area (Å²) in [6.07, 6.45) is -0.582. The molecule has 3 rings (SSSR count). The van der Waals surface area contributed by atoms with E-state index in [9.17, 15) is 33.9 Å². The molecule has 0 aromatic heterocycles. The van der Waals surface area contributed by atoms with E-state index in [1.54, 1.807) is 26.0 Å². The van der Waals surface area contributed by atoms with Crippen molar-refractivity contribution in [2.75, 3.05) is 6.61 Å². The van der Waals surface area contributed by atoms with Crippen molar-refractivity contribution in [3.05, 3.63) is 96.1 Å². The second kappa shape index (κ2) is 19.6. The molecule has 14 nitrogen and oxygen atoms in total. The van der Waals surface area contributed by atoms with Crippen LogP contribution in [0.25, 0.3) is 11.1 Å². The fraction of sp³-hybridized carbons (Fsp3) is 0.351. The molecular weight excluding hydrogens is 656 g/mol. The molecular formula is C37H46N6O8. The van der Waals surface area contributed by atoms with Gasteiger partial charge in [0.15, 0.2) is 0 Å². The first-order chi connectivity index (χ1) is 24.3. The number of ether oxygens (including phenoxy) is 1. The summed E-state index contributed by atoms with van der Waals surface area (Å²) in [7, 11) is 0. The molecule has 272 valence electrons. The summed E-state index contributed by atoms with van der Waals surface area (Å²) < 4.78 is 5.36. The summed E-state index contributed by atoms with van der Waals surface area (Å²) >= 11 is 0. The monoisotopic (exact) mass is 702 g/mol. The van der Waals surface area contributed by atoms with Crippen molar-refractivity contribution >= 4 is 35.5 Å². The van der Waals surface area contributed by atoms with Crippen LogP contribution in [0.2, 0.25) is 0 Å². The van der Waals surface area contributed by atoms with Crippen LogP contribution in [0.3, 0.4) is 0 Å². The molecule has 0 spiro atoms. The first-order valence-electron chi connectivity index (χ1n) is 16.5. The van der Waals surface area contributed by atoms with Gasteiger partial charge in [-0.15, -0.1) is 0 Å². The first-order valence-corrected chi connectivity index (χ1v) is 16.5. The van der Waals surface area contributed by atoms with Crippen molar-refractivity contribution in [2.24, 2.45) is 17.4 Å². The molecule has 0 unspecified atom stereocenters. The highest BCUT2D eigenvalue weighted by Gasteiger charge is 2.33. The van der Waals surface area contributed by atoms with E-state index in [1.807, 2.05) is 72.8 Å². The number of carbonyl (C=O) groups is 6. The second-order valence-corrected chi connectivity index (χ2v) is 12.4. The maximum Gasteiger partial charge on any atom is 0.328 e. The van der Waals surface area contributed by atoms with Crippen LogP contribution >= 0.6 is 0 Å². The number of benzene rings is 3. The zero-order chi connectivity index (χ0) is 37.5. The van der Waals surface area contributed by atoms with Gasteiger partial charge in [-0.05, 0) is 35.1 Å². The van der Waals surface area contributed by atoms with Crippen LogP contribution in [0, 0.1) is 5.92 Å². The lowest BCUT2D eigenvalue weighted by molar-refractivity contribution is -0.148. The van der Waals surface area contributed by atoms with Gasteiger partial charge in [-0.25, -0.2) is 4.79 Å². The van der Waals surface area contributed by atoms with Crippen molar-refractivity contribution in [1.29, 1.82) is 0 Å². The number of aliphatic hydroxyl groups excluding tert-OH is 1. The molecule has 3 aromatic rings. The molecule has 9 N–H and O–H groups in total. The Morgan fingerprint density at radius 2 is 1.22 bits per heavy atom. The fourth-order valence-electron chi connectivity index (χ4n) is 4.96. The normalized spacial score (nSPS) is 13.8. The summed E-state index contributed by atoms with van der Waals surface area (Å²) in [6, 6.07) is 19.8. The lowest BCUT2D eigenvalue weighted by Crippen LogP contribution is -2.60. The van der Waals surface area contributed by atoms with Gasteiger partial charge in [0.05, 0.1) is 13.0 Å². The van der Waals surface area contributed by atoms with E-state index in [1.165, 1.54) is 6.92 Å². The number of esters is 1. The molecule has 0 saturated carbocycles. The molecule has 0 heterocycles. The van der Waals surface area contributed by atoms with Gasteiger partial charge in [-0.1, -0.05) is 98.8 Å². The number of nitrogens with two attached hydrogens (primary N) is 2. The van der Waals surface area contributed by atoms with Crippen LogP contribution in [0.4, 0.5) is 0 Å². The maximum atomic E-state index is 13.7. The average Bonchev–Trinajstić information content (AvgIpc) is 3.12. The van der Waals surface area contributed by atoms with Gasteiger partial charge in [-0.3, -0.25) is 24.0 Å². The zero-order valence-electron chi connectivity index (χ0n) is 28.8. The standard InChI is InChI=1S/C37H46N6O8/c1-22(2)32(43-35(48)30(19-31(39)45)41-33(46)28(38)20-44)36(49)42-29(18-24-14-16-27(17-15-24)26-12-8-5-9-13-26)34(47)40-23(3)37(50)51-21-25-10-6-4-7-11-25/h4-17,22-23,28-30,32,44H,18-21,38H2,1-3H3,(H2,39,45)(H,40,47)(H,41,46)(H,42,49)(H,43,48)/t23-,28-,29-,30-,32-/m0/s1. The number of nitrogens with one attached hydrogen (secondary N) is 4. The maximum absolute atomic E-state index is 13.7. The van der Waals surface area contributed by atoms with Crippen LogP contribution in [0.5, 0.6) is 0 Å². The third-order valence-electron chi connectivity index (χ3n) is 7.89. The SMILES string of the molecule is CC(C)[C@H](NC(=O)[C@H](CC(N)=O)NC(=O)[C@@H](N)CO)C(=O)N[C@@H](Cc1ccc(-c2ccccc2)cc1)C(=O)N[C@@H](C)C(=O)OCc1ccccc1. The minimum Gasteiger partial charge on any atom is -0.459 e. The highest BCUT2D eigenvalue weighted by Crippen LogP contribution is 2.20. The smallest absolute Gasteiger partial charge is 0.328 e. The molecule has 14 heteroatoms. The van der Waals surface area contributed by atoms with Gasteiger partial charge in [0.2, 0.25) is 29.5 Å². The number of hydrogen-bond donors (Lipinski definition) is 7. The summed E-state index contributed by atoms with van der Waals surface area (Å²) in [5, 5.41) is 19.3. The highest BCUT2D eigenvalue weighted by atomic mass is 16.5. The molecule has 5 atom stereocenters. The van der Waals surface area contributed by atoms with Gasteiger partial charge in [0.25, 0.3) is 0 Å². The van der Waals surface area contributed by atoms with Crippen LogP contribution in [0.15, 0.2) is 84.9 Å². The van der Waals surface area contributed by atoms with Crippen LogP contribution < -0.4 is 32.7 Å². The van der Waals surface area contributed by atoms with Gasteiger partial charge in [-0.2, -0.15) is 0 Å². The van der Waals surface area contributed by atoms with Gasteiger partial charge in [0, 0.05) is 6.42 Å². The van der Waals surface area contributed by atoms with E-state index >= 15 is 0 Å². The van der Waals surface area contributed by atoms with Gasteiger partial charge in [0.1, 0.15) is 36.8 Å². The molecule has 51 heavy (non-hydrogen) atoms. The molecule has 0 bridgehead atoms. The third-order valence-corrected chi connectivity index (χ3v) is 7.89. The molecule has 0 saturated heterocycles. The predicted octanol–water partition coefficient (Wildman–Crippen LogP) is 0.450. The minimum atomic E-state index is -1.49. The Bertz CT molecular complexity index is 1640. The average molecular weight is 703 g/mol. The summed E-state index contributed by atoms with van der Waals surface area (Å²) in [5.74, 6) is -5.35. The zero-order valence-corrected chi connectivity index (χ0v) is 28.8. The van der Waals surface area contributed by atoms with Gasteiger partial charge >= 0.3 is 5.97 Å². The Morgan fingerprint density at radius 1 is 0.667 bits per heavy atom. The molecule has 5 amide bonds. The van der Waals surface area contributed by atoms with Crippen LogP contribution in [-0.4, -0.2) is 77.4 Å². The van der Waals surface area contributed by atoms with Crippen LogP contribution in [-0.2, 0) is 46.5 Å². The molecule has 0 fully saturated rings. The number of rotatable bonds is 18. The van der Waals surface area contributed by atoms with Gasteiger partial charge < -0.3 is 42.6 Å². The van der Waals surface area contributed by atoms with E-state index in [0.29, 0.717) is 5.56 Å². The highest BCUT2D eigenvalue weighted by molar-refractivity contribution is 5.97. The van der Waals surface area contributed by atoms with E-state index in [2.05, 4.69) is 21.3 Å². The lowest BCUT2D eigenvalue weighted by Gasteiger charge is -2.28. The number of primary amides is 1. The molecule has 0 radical (unpaired) electrons.